The van der Waals surface area contributed by atoms with Gasteiger partial charge in [-0.25, -0.2) is 4.98 Å². The van der Waals surface area contributed by atoms with Crippen molar-refractivity contribution in [1.29, 1.82) is 0 Å². The number of anilines is 1. The molecule has 0 spiro atoms. The molecule has 1 rings (SSSR count). The molecule has 1 heterocycles. The summed E-state index contributed by atoms with van der Waals surface area (Å²) in [7, 11) is 1.96. The molecule has 0 fully saturated rings. The lowest BCUT2D eigenvalue weighted by Crippen LogP contribution is -2.12. The Balaban J connectivity index is 2.41. The molecule has 0 saturated carbocycles. The molecule has 4 nitrogen and oxygen atoms in total. The van der Waals surface area contributed by atoms with Crippen LogP contribution in [0.1, 0.15) is 13.3 Å². The largest absolute Gasteiger partial charge is 0.393 e. The van der Waals surface area contributed by atoms with Gasteiger partial charge in [0.1, 0.15) is 3.70 Å². The Morgan fingerprint density at radius 1 is 1.77 bits per heavy atom. The number of hydrogen-bond donors (Lipinski definition) is 2. The second-order valence-corrected chi connectivity index (χ2v) is 4.13. The van der Waals surface area contributed by atoms with Gasteiger partial charge in [0.15, 0.2) is 0 Å². The summed E-state index contributed by atoms with van der Waals surface area (Å²) in [6.07, 6.45) is 2.29. The molecular weight excluding hydrogens is 281 g/mol. The minimum Gasteiger partial charge on any atom is -0.393 e. The lowest BCUT2D eigenvalue weighted by molar-refractivity contribution is 0.188. The second kappa shape index (κ2) is 4.80. The van der Waals surface area contributed by atoms with Crippen molar-refractivity contribution >= 4 is 28.5 Å². The average molecular weight is 295 g/mol. The summed E-state index contributed by atoms with van der Waals surface area (Å²) in [5.41, 5.74) is 0. The Hall–Kier alpha value is -0.300. The summed E-state index contributed by atoms with van der Waals surface area (Å²) in [6.45, 7) is 2.53. The Bertz CT molecular complexity index is 272. The van der Waals surface area contributed by atoms with E-state index in [0.717, 1.165) is 22.6 Å². The average Bonchev–Trinajstić information content (AvgIpc) is 2.35. The minimum atomic E-state index is -0.258. The van der Waals surface area contributed by atoms with Crippen molar-refractivity contribution in [3.63, 3.8) is 0 Å². The highest BCUT2D eigenvalue weighted by molar-refractivity contribution is 14.1. The van der Waals surface area contributed by atoms with Crippen molar-refractivity contribution in [2.24, 2.45) is 7.05 Å². The molecule has 0 bridgehead atoms. The highest BCUT2D eigenvalue weighted by atomic mass is 127. The third-order valence-corrected chi connectivity index (χ3v) is 2.78. The molecule has 0 amide bonds. The Kier molecular flexibility index (Phi) is 3.98. The molecule has 1 aromatic heterocycles. The number of nitrogens with one attached hydrogen (secondary N) is 1. The Morgan fingerprint density at radius 3 is 2.92 bits per heavy atom. The second-order valence-electron chi connectivity index (χ2n) is 3.03. The molecule has 0 aliphatic heterocycles. The molecular formula is C8H14IN3O. The van der Waals surface area contributed by atoms with E-state index >= 15 is 0 Å². The van der Waals surface area contributed by atoms with Crippen LogP contribution < -0.4 is 5.32 Å². The SMILES string of the molecule is C[C@@H](O)CCNc1ncc(I)n1C. The minimum absolute atomic E-state index is 0.258. The fraction of sp³-hybridized carbons (Fsp3) is 0.625. The molecule has 0 aliphatic rings. The summed E-state index contributed by atoms with van der Waals surface area (Å²) in [6, 6.07) is 0. The Labute approximate surface area is 91.5 Å². The van der Waals surface area contributed by atoms with Crippen molar-refractivity contribution in [2.75, 3.05) is 11.9 Å². The monoisotopic (exact) mass is 295 g/mol. The van der Waals surface area contributed by atoms with Gasteiger partial charge >= 0.3 is 0 Å². The molecule has 1 aromatic rings. The van der Waals surface area contributed by atoms with E-state index in [1.165, 1.54) is 0 Å². The van der Waals surface area contributed by atoms with Gasteiger partial charge in [0.05, 0.1) is 12.3 Å². The first-order chi connectivity index (χ1) is 6.11. The summed E-state index contributed by atoms with van der Waals surface area (Å²) in [5.74, 6) is 0.852. The topological polar surface area (TPSA) is 50.1 Å². The van der Waals surface area contributed by atoms with Crippen LogP contribution in [0, 0.1) is 3.70 Å². The molecule has 0 radical (unpaired) electrons. The maximum atomic E-state index is 9.04. The van der Waals surface area contributed by atoms with Crippen LogP contribution >= 0.6 is 22.6 Å². The van der Waals surface area contributed by atoms with E-state index in [0.29, 0.717) is 0 Å². The first-order valence-corrected chi connectivity index (χ1v) is 5.28. The first kappa shape index (κ1) is 10.8. The van der Waals surface area contributed by atoms with Crippen LogP contribution in [0.4, 0.5) is 5.95 Å². The van der Waals surface area contributed by atoms with E-state index in [1.54, 1.807) is 6.92 Å². The quantitative estimate of drug-likeness (QED) is 0.821. The van der Waals surface area contributed by atoms with E-state index in [4.69, 9.17) is 5.11 Å². The number of aromatic nitrogens is 2. The van der Waals surface area contributed by atoms with Gasteiger partial charge in [0, 0.05) is 13.6 Å². The van der Waals surface area contributed by atoms with Crippen LogP contribution in [0.15, 0.2) is 6.20 Å². The van der Waals surface area contributed by atoms with Crippen LogP contribution in [0.25, 0.3) is 0 Å². The number of aliphatic hydroxyl groups is 1. The van der Waals surface area contributed by atoms with Crippen LogP contribution in [-0.4, -0.2) is 27.3 Å². The maximum absolute atomic E-state index is 9.04. The smallest absolute Gasteiger partial charge is 0.203 e. The van der Waals surface area contributed by atoms with Crippen LogP contribution in [0.2, 0.25) is 0 Å². The number of hydrogen-bond acceptors (Lipinski definition) is 3. The zero-order valence-corrected chi connectivity index (χ0v) is 9.95. The van der Waals surface area contributed by atoms with Gasteiger partial charge in [-0.1, -0.05) is 0 Å². The van der Waals surface area contributed by atoms with Crippen molar-refractivity contribution in [2.45, 2.75) is 19.4 Å². The lowest BCUT2D eigenvalue weighted by Gasteiger charge is -2.07. The van der Waals surface area contributed by atoms with E-state index in [1.807, 2.05) is 17.8 Å². The van der Waals surface area contributed by atoms with E-state index in [9.17, 15) is 0 Å². The Morgan fingerprint density at radius 2 is 2.46 bits per heavy atom. The van der Waals surface area contributed by atoms with Gasteiger partial charge in [0.2, 0.25) is 5.95 Å². The number of halogens is 1. The summed E-state index contributed by atoms with van der Waals surface area (Å²) in [4.78, 5) is 4.17. The van der Waals surface area contributed by atoms with Crippen molar-refractivity contribution < 1.29 is 5.11 Å². The standard InChI is InChI=1S/C8H14IN3O/c1-6(13)3-4-10-8-11-5-7(9)12(8)2/h5-6,13H,3-4H2,1-2H3,(H,10,11)/t6-/m1/s1. The third kappa shape index (κ3) is 3.15. The third-order valence-electron chi connectivity index (χ3n) is 1.78. The molecule has 5 heteroatoms. The molecule has 1 atom stereocenters. The molecule has 74 valence electrons. The van der Waals surface area contributed by atoms with Crippen LogP contribution in [-0.2, 0) is 7.05 Å². The summed E-state index contributed by atoms with van der Waals surface area (Å²) < 4.78 is 3.07. The van der Waals surface area contributed by atoms with Gasteiger partial charge in [-0.15, -0.1) is 0 Å². The van der Waals surface area contributed by atoms with Crippen molar-refractivity contribution in [1.82, 2.24) is 9.55 Å². The lowest BCUT2D eigenvalue weighted by atomic mass is 10.3. The number of aliphatic hydroxyl groups excluding tert-OH is 1. The van der Waals surface area contributed by atoms with E-state index < -0.39 is 0 Å². The molecule has 0 unspecified atom stereocenters. The van der Waals surface area contributed by atoms with Crippen molar-refractivity contribution in [3.8, 4) is 0 Å². The highest BCUT2D eigenvalue weighted by Gasteiger charge is 2.02. The van der Waals surface area contributed by atoms with Crippen molar-refractivity contribution in [3.05, 3.63) is 9.90 Å². The first-order valence-electron chi connectivity index (χ1n) is 4.20. The number of rotatable bonds is 4. The van der Waals surface area contributed by atoms with E-state index in [-0.39, 0.29) is 6.10 Å². The zero-order valence-electron chi connectivity index (χ0n) is 7.79. The van der Waals surface area contributed by atoms with Gasteiger partial charge < -0.3 is 15.0 Å². The molecule has 0 aromatic carbocycles. The normalized spacial score (nSPS) is 12.9. The number of nitrogens with zero attached hydrogens (tertiary/aromatic N) is 2. The van der Waals surface area contributed by atoms with Crippen LogP contribution in [0.5, 0.6) is 0 Å². The zero-order chi connectivity index (χ0) is 9.84. The van der Waals surface area contributed by atoms with Gasteiger partial charge in [-0.05, 0) is 35.9 Å². The highest BCUT2D eigenvalue weighted by Crippen LogP contribution is 2.09. The van der Waals surface area contributed by atoms with Gasteiger partial charge in [-0.3, -0.25) is 0 Å². The van der Waals surface area contributed by atoms with Gasteiger partial charge in [0.25, 0.3) is 0 Å². The molecule has 0 saturated heterocycles. The number of imidazole rings is 1. The summed E-state index contributed by atoms with van der Waals surface area (Å²) in [5, 5.41) is 12.2. The van der Waals surface area contributed by atoms with Gasteiger partial charge in [-0.2, -0.15) is 0 Å². The fourth-order valence-electron chi connectivity index (χ4n) is 0.946. The maximum Gasteiger partial charge on any atom is 0.203 e. The molecule has 13 heavy (non-hydrogen) atoms. The van der Waals surface area contributed by atoms with Crippen LogP contribution in [0.3, 0.4) is 0 Å². The predicted octanol–water partition coefficient (Wildman–Crippen LogP) is 1.21. The summed E-state index contributed by atoms with van der Waals surface area (Å²) >= 11 is 2.22. The molecule has 0 aliphatic carbocycles. The molecule has 2 N–H and O–H groups in total. The predicted molar refractivity (Wildman–Crippen MR) is 60.7 cm³/mol. The van der Waals surface area contributed by atoms with E-state index in [2.05, 4.69) is 32.9 Å². The fourth-order valence-corrected chi connectivity index (χ4v) is 1.31.